The maximum absolute atomic E-state index is 12.3. The molecule has 0 bridgehead atoms. The molecule has 2 aromatic rings. The molecule has 0 aliphatic heterocycles. The van der Waals surface area contributed by atoms with Crippen molar-refractivity contribution in [3.63, 3.8) is 0 Å². The predicted molar refractivity (Wildman–Crippen MR) is 107 cm³/mol. The standard InChI is InChI=1S/C23H31NO/c1-6-18-10-8-9-11-20(18)19-14-12-17(13-15-19)16-21(22(25)7-2)24-23(3,4)5/h8-15,21,24H,6-7,16H2,1-5H3/t21-/m0/s1. The number of carbonyl (C=O) groups excluding carboxylic acids is 1. The van der Waals surface area contributed by atoms with Crippen LogP contribution in [0.5, 0.6) is 0 Å². The lowest BCUT2D eigenvalue weighted by Gasteiger charge is -2.27. The Morgan fingerprint density at radius 1 is 1.00 bits per heavy atom. The topological polar surface area (TPSA) is 29.1 Å². The van der Waals surface area contributed by atoms with E-state index in [9.17, 15) is 4.79 Å². The molecule has 0 aliphatic carbocycles. The summed E-state index contributed by atoms with van der Waals surface area (Å²) < 4.78 is 0. The van der Waals surface area contributed by atoms with E-state index in [4.69, 9.17) is 0 Å². The number of carbonyl (C=O) groups is 1. The Balaban J connectivity index is 2.19. The lowest BCUT2D eigenvalue weighted by Crippen LogP contribution is -2.48. The van der Waals surface area contributed by atoms with Gasteiger partial charge in [0.25, 0.3) is 0 Å². The van der Waals surface area contributed by atoms with Crippen molar-refractivity contribution >= 4 is 5.78 Å². The second kappa shape index (κ2) is 8.44. The zero-order chi connectivity index (χ0) is 18.4. The average molecular weight is 338 g/mol. The highest BCUT2D eigenvalue weighted by Gasteiger charge is 2.22. The third-order valence-corrected chi connectivity index (χ3v) is 4.45. The molecule has 0 aromatic heterocycles. The Labute approximate surface area is 152 Å². The summed E-state index contributed by atoms with van der Waals surface area (Å²) in [5.74, 6) is 0.273. The number of ketones is 1. The molecule has 134 valence electrons. The number of benzene rings is 2. The number of hydrogen-bond donors (Lipinski definition) is 1. The summed E-state index contributed by atoms with van der Waals surface area (Å²) in [7, 11) is 0. The van der Waals surface area contributed by atoms with Crippen LogP contribution in [0.3, 0.4) is 0 Å². The third-order valence-electron chi connectivity index (χ3n) is 4.45. The number of hydrogen-bond acceptors (Lipinski definition) is 2. The highest BCUT2D eigenvalue weighted by molar-refractivity contribution is 5.84. The highest BCUT2D eigenvalue weighted by atomic mass is 16.1. The summed E-state index contributed by atoms with van der Waals surface area (Å²) in [6, 6.07) is 17.1. The smallest absolute Gasteiger partial charge is 0.149 e. The van der Waals surface area contributed by atoms with Gasteiger partial charge in [0.15, 0.2) is 0 Å². The Morgan fingerprint density at radius 2 is 1.64 bits per heavy atom. The molecule has 0 saturated carbocycles. The van der Waals surface area contributed by atoms with Crippen LogP contribution < -0.4 is 5.32 Å². The molecular formula is C23H31NO. The quantitative estimate of drug-likeness (QED) is 0.753. The first-order valence-corrected chi connectivity index (χ1v) is 9.31. The molecule has 1 N–H and O–H groups in total. The van der Waals surface area contributed by atoms with Crippen LogP contribution in [-0.4, -0.2) is 17.4 Å². The van der Waals surface area contributed by atoms with Crippen molar-refractivity contribution in [2.24, 2.45) is 0 Å². The van der Waals surface area contributed by atoms with Crippen LogP contribution in [-0.2, 0) is 17.6 Å². The molecule has 0 saturated heterocycles. The molecule has 0 aliphatic rings. The maximum atomic E-state index is 12.3. The average Bonchev–Trinajstić information content (AvgIpc) is 2.60. The molecule has 1 atom stereocenters. The number of nitrogens with one attached hydrogen (secondary N) is 1. The molecule has 0 spiro atoms. The molecule has 0 fully saturated rings. The Kier molecular flexibility index (Phi) is 6.55. The van der Waals surface area contributed by atoms with Crippen molar-refractivity contribution in [1.82, 2.24) is 5.32 Å². The monoisotopic (exact) mass is 337 g/mol. The lowest BCUT2D eigenvalue weighted by molar-refractivity contribution is -0.121. The maximum Gasteiger partial charge on any atom is 0.149 e. The van der Waals surface area contributed by atoms with Crippen LogP contribution in [0.2, 0.25) is 0 Å². The predicted octanol–water partition coefficient (Wildman–Crippen LogP) is 5.19. The summed E-state index contributed by atoms with van der Waals surface area (Å²) in [4.78, 5) is 12.3. The first-order chi connectivity index (χ1) is 11.8. The van der Waals surface area contributed by atoms with Gasteiger partial charge in [-0.05, 0) is 55.9 Å². The molecule has 0 radical (unpaired) electrons. The van der Waals surface area contributed by atoms with Gasteiger partial charge in [0.05, 0.1) is 6.04 Å². The van der Waals surface area contributed by atoms with E-state index in [2.05, 4.69) is 81.5 Å². The Bertz CT molecular complexity index is 695. The van der Waals surface area contributed by atoms with Gasteiger partial charge in [-0.25, -0.2) is 0 Å². The largest absolute Gasteiger partial charge is 0.302 e. The fraction of sp³-hybridized carbons (Fsp3) is 0.435. The molecule has 0 unspecified atom stereocenters. The third kappa shape index (κ3) is 5.54. The minimum atomic E-state index is -0.126. The van der Waals surface area contributed by atoms with Crippen molar-refractivity contribution in [2.75, 3.05) is 0 Å². The van der Waals surface area contributed by atoms with E-state index in [-0.39, 0.29) is 17.4 Å². The van der Waals surface area contributed by atoms with Gasteiger partial charge in [0.2, 0.25) is 0 Å². The van der Waals surface area contributed by atoms with Gasteiger partial charge in [-0.3, -0.25) is 4.79 Å². The molecule has 0 heterocycles. The summed E-state index contributed by atoms with van der Waals surface area (Å²) >= 11 is 0. The van der Waals surface area contributed by atoms with E-state index in [0.717, 1.165) is 12.8 Å². The second-order valence-electron chi connectivity index (χ2n) is 7.68. The van der Waals surface area contributed by atoms with E-state index < -0.39 is 0 Å². The first kappa shape index (κ1) is 19.4. The molecule has 2 nitrogen and oxygen atoms in total. The lowest BCUT2D eigenvalue weighted by atomic mass is 9.94. The minimum absolute atomic E-state index is 0.0739. The molecule has 2 aromatic carbocycles. The van der Waals surface area contributed by atoms with E-state index in [1.165, 1.54) is 22.3 Å². The van der Waals surface area contributed by atoms with Crippen molar-refractivity contribution in [3.05, 3.63) is 59.7 Å². The molecule has 0 amide bonds. The summed E-state index contributed by atoms with van der Waals surface area (Å²) in [5, 5.41) is 3.47. The Hall–Kier alpha value is -1.93. The Morgan fingerprint density at radius 3 is 2.20 bits per heavy atom. The van der Waals surface area contributed by atoms with Crippen molar-refractivity contribution in [2.45, 2.75) is 65.5 Å². The van der Waals surface area contributed by atoms with Gasteiger partial charge in [-0.1, -0.05) is 62.4 Å². The van der Waals surface area contributed by atoms with Crippen molar-refractivity contribution in [3.8, 4) is 11.1 Å². The van der Waals surface area contributed by atoms with Crippen molar-refractivity contribution in [1.29, 1.82) is 0 Å². The normalized spacial score (nSPS) is 12.8. The zero-order valence-electron chi connectivity index (χ0n) is 16.2. The van der Waals surface area contributed by atoms with Gasteiger partial charge in [0.1, 0.15) is 5.78 Å². The van der Waals surface area contributed by atoms with Gasteiger partial charge in [-0.2, -0.15) is 0 Å². The van der Waals surface area contributed by atoms with E-state index in [0.29, 0.717) is 6.42 Å². The molecule has 2 rings (SSSR count). The van der Waals surface area contributed by atoms with Gasteiger partial charge >= 0.3 is 0 Å². The van der Waals surface area contributed by atoms with Crippen LogP contribution >= 0.6 is 0 Å². The van der Waals surface area contributed by atoms with E-state index in [1.54, 1.807) is 0 Å². The summed E-state index contributed by atoms with van der Waals surface area (Å²) in [5.41, 5.74) is 5.02. The van der Waals surface area contributed by atoms with Gasteiger partial charge < -0.3 is 5.32 Å². The van der Waals surface area contributed by atoms with E-state index in [1.807, 2.05) is 6.92 Å². The van der Waals surface area contributed by atoms with E-state index >= 15 is 0 Å². The SMILES string of the molecule is CCC(=O)[C@H](Cc1ccc(-c2ccccc2CC)cc1)NC(C)(C)C. The summed E-state index contributed by atoms with van der Waals surface area (Å²) in [6.45, 7) is 10.4. The first-order valence-electron chi connectivity index (χ1n) is 9.31. The number of aryl methyl sites for hydroxylation is 1. The van der Waals surface area contributed by atoms with Crippen molar-refractivity contribution < 1.29 is 4.79 Å². The molecular weight excluding hydrogens is 306 g/mol. The fourth-order valence-corrected chi connectivity index (χ4v) is 3.18. The summed E-state index contributed by atoms with van der Waals surface area (Å²) in [6.07, 6.45) is 2.33. The zero-order valence-corrected chi connectivity index (χ0v) is 16.2. The molecule has 25 heavy (non-hydrogen) atoms. The van der Waals surface area contributed by atoms with Crippen LogP contribution in [0.1, 0.15) is 52.2 Å². The fourth-order valence-electron chi connectivity index (χ4n) is 3.18. The van der Waals surface area contributed by atoms with Crippen LogP contribution in [0.15, 0.2) is 48.5 Å². The second-order valence-corrected chi connectivity index (χ2v) is 7.68. The van der Waals surface area contributed by atoms with Gasteiger partial charge in [-0.15, -0.1) is 0 Å². The number of rotatable bonds is 7. The highest BCUT2D eigenvalue weighted by Crippen LogP contribution is 2.25. The number of Topliss-reactive ketones (excluding diaryl/α,β-unsaturated/α-hetero) is 1. The van der Waals surface area contributed by atoms with Crippen LogP contribution in [0.25, 0.3) is 11.1 Å². The van der Waals surface area contributed by atoms with Crippen LogP contribution in [0.4, 0.5) is 0 Å². The van der Waals surface area contributed by atoms with Crippen LogP contribution in [0, 0.1) is 0 Å². The van der Waals surface area contributed by atoms with Gasteiger partial charge in [0, 0.05) is 12.0 Å². The minimum Gasteiger partial charge on any atom is -0.302 e. The molecule has 2 heteroatoms.